The molecule has 1 aliphatic rings. The second-order valence-corrected chi connectivity index (χ2v) is 8.20. The third-order valence-corrected chi connectivity index (χ3v) is 6.07. The minimum absolute atomic E-state index is 0.278. The fraction of sp³-hybridized carbons (Fsp3) is 0.348. The Labute approximate surface area is 194 Å². The minimum Gasteiger partial charge on any atom is -0.479 e. The lowest BCUT2D eigenvalue weighted by molar-refractivity contribution is 0.114. The van der Waals surface area contributed by atoms with Gasteiger partial charge in [-0.2, -0.15) is 10.4 Å². The number of nitrogens with zero attached hydrogens (tertiary/aromatic N) is 7. The molecule has 10 nitrogen and oxygen atoms in total. The molecule has 0 saturated carbocycles. The molecular weight excluding hydrogens is 439 g/mol. The van der Waals surface area contributed by atoms with Gasteiger partial charge in [-0.3, -0.25) is 4.98 Å². The molecule has 34 heavy (non-hydrogen) atoms. The maximum Gasteiger partial charge on any atom is 0.163 e. The number of ether oxygens (including phenoxy) is 1. The van der Waals surface area contributed by atoms with Gasteiger partial charge in [0.2, 0.25) is 0 Å². The van der Waals surface area contributed by atoms with E-state index in [4.69, 9.17) is 4.74 Å². The zero-order valence-electron chi connectivity index (χ0n) is 18.5. The van der Waals surface area contributed by atoms with Crippen molar-refractivity contribution in [3.63, 3.8) is 0 Å². The first-order valence-electron chi connectivity index (χ1n) is 11.0. The smallest absolute Gasteiger partial charge is 0.163 e. The van der Waals surface area contributed by atoms with Crippen LogP contribution in [-0.4, -0.2) is 54.4 Å². The average molecular weight is 462 g/mol. The SMILES string of the molecule is Cc1c(-c2cc(OC(CO)c3ccc(F)cn3)c3c(C#N)cnn3c2)nnn1C1CCNCC1. The zero-order valence-corrected chi connectivity index (χ0v) is 18.5. The summed E-state index contributed by atoms with van der Waals surface area (Å²) < 4.78 is 23.0. The number of nitriles is 1. The van der Waals surface area contributed by atoms with Gasteiger partial charge < -0.3 is 15.2 Å². The third kappa shape index (κ3) is 3.98. The van der Waals surface area contributed by atoms with Crippen LogP contribution in [-0.2, 0) is 0 Å². The third-order valence-electron chi connectivity index (χ3n) is 6.07. The maximum atomic E-state index is 13.3. The molecule has 0 aromatic carbocycles. The normalized spacial score (nSPS) is 15.4. The largest absolute Gasteiger partial charge is 0.479 e. The molecule has 4 aromatic heterocycles. The van der Waals surface area contributed by atoms with Gasteiger partial charge in [0, 0.05) is 11.8 Å². The molecule has 0 amide bonds. The molecule has 174 valence electrons. The highest BCUT2D eigenvalue weighted by molar-refractivity contribution is 5.74. The van der Waals surface area contributed by atoms with Gasteiger partial charge in [0.15, 0.2) is 6.10 Å². The van der Waals surface area contributed by atoms with Crippen molar-refractivity contribution in [1.82, 2.24) is 34.9 Å². The van der Waals surface area contributed by atoms with Gasteiger partial charge in [0.05, 0.1) is 36.4 Å². The predicted octanol–water partition coefficient (Wildman–Crippen LogP) is 2.34. The number of rotatable bonds is 6. The number of aromatic nitrogens is 6. The zero-order chi connectivity index (χ0) is 23.7. The van der Waals surface area contributed by atoms with Crippen LogP contribution in [0, 0.1) is 24.1 Å². The predicted molar refractivity (Wildman–Crippen MR) is 119 cm³/mol. The van der Waals surface area contributed by atoms with Crippen molar-refractivity contribution in [2.75, 3.05) is 19.7 Å². The lowest BCUT2D eigenvalue weighted by atomic mass is 10.1. The summed E-state index contributed by atoms with van der Waals surface area (Å²) in [6.07, 6.45) is 5.38. The molecule has 1 unspecified atom stereocenters. The van der Waals surface area contributed by atoms with E-state index in [1.54, 1.807) is 16.8 Å². The van der Waals surface area contributed by atoms with Crippen molar-refractivity contribution in [2.24, 2.45) is 0 Å². The topological polar surface area (TPSA) is 126 Å². The number of nitrogens with one attached hydrogen (secondary N) is 1. The highest BCUT2D eigenvalue weighted by atomic mass is 19.1. The van der Waals surface area contributed by atoms with E-state index >= 15 is 0 Å². The van der Waals surface area contributed by atoms with Crippen LogP contribution < -0.4 is 10.1 Å². The van der Waals surface area contributed by atoms with E-state index in [1.807, 2.05) is 11.6 Å². The molecular formula is C23H23FN8O2. The molecule has 0 bridgehead atoms. The number of piperidine rings is 1. The Morgan fingerprint density at radius 3 is 2.85 bits per heavy atom. The standard InChI is InChI=1S/C23H23FN8O2/c1-14-22(29-30-32(14)18-4-6-26-7-5-18)15-8-20(23-16(9-25)10-28-31(23)12-15)34-21(13-33)19-3-2-17(24)11-27-19/h2-3,8,10-12,18,21,26,33H,4-7,13H2,1H3. The molecule has 0 radical (unpaired) electrons. The van der Waals surface area contributed by atoms with E-state index in [0.717, 1.165) is 37.8 Å². The average Bonchev–Trinajstić information content (AvgIpc) is 3.46. The van der Waals surface area contributed by atoms with E-state index in [-0.39, 0.29) is 6.04 Å². The lowest BCUT2D eigenvalue weighted by Gasteiger charge is -2.23. The van der Waals surface area contributed by atoms with Crippen molar-refractivity contribution >= 4 is 5.52 Å². The van der Waals surface area contributed by atoms with E-state index in [1.165, 1.54) is 18.3 Å². The molecule has 5 rings (SSSR count). The van der Waals surface area contributed by atoms with Gasteiger partial charge in [-0.15, -0.1) is 5.10 Å². The highest BCUT2D eigenvalue weighted by Crippen LogP contribution is 2.34. The summed E-state index contributed by atoms with van der Waals surface area (Å²) in [7, 11) is 0. The molecule has 1 atom stereocenters. The quantitative estimate of drug-likeness (QED) is 0.447. The van der Waals surface area contributed by atoms with Crippen LogP contribution in [0.25, 0.3) is 16.8 Å². The van der Waals surface area contributed by atoms with E-state index in [2.05, 4.69) is 31.8 Å². The van der Waals surface area contributed by atoms with Crippen LogP contribution in [0.1, 0.15) is 41.9 Å². The number of hydrogen-bond acceptors (Lipinski definition) is 8. The first kappa shape index (κ1) is 21.9. The van der Waals surface area contributed by atoms with E-state index in [9.17, 15) is 14.8 Å². The fourth-order valence-electron chi connectivity index (χ4n) is 4.31. The van der Waals surface area contributed by atoms with Crippen LogP contribution in [0.15, 0.2) is 36.8 Å². The van der Waals surface area contributed by atoms with Crippen LogP contribution >= 0.6 is 0 Å². The van der Waals surface area contributed by atoms with Crippen molar-refractivity contribution in [3.05, 3.63) is 59.6 Å². The van der Waals surface area contributed by atoms with Crippen molar-refractivity contribution < 1.29 is 14.2 Å². The van der Waals surface area contributed by atoms with Gasteiger partial charge in [0.25, 0.3) is 0 Å². The molecule has 0 spiro atoms. The van der Waals surface area contributed by atoms with Gasteiger partial charge in [-0.1, -0.05) is 5.21 Å². The summed E-state index contributed by atoms with van der Waals surface area (Å²) in [6, 6.07) is 6.86. The van der Waals surface area contributed by atoms with Crippen LogP contribution in [0.5, 0.6) is 5.75 Å². The molecule has 5 heterocycles. The van der Waals surface area contributed by atoms with Crippen molar-refractivity contribution in [1.29, 1.82) is 5.26 Å². The van der Waals surface area contributed by atoms with E-state index in [0.29, 0.717) is 33.8 Å². The lowest BCUT2D eigenvalue weighted by Crippen LogP contribution is -2.30. The summed E-state index contributed by atoms with van der Waals surface area (Å²) >= 11 is 0. The van der Waals surface area contributed by atoms with Gasteiger partial charge in [0.1, 0.15) is 34.4 Å². The Morgan fingerprint density at radius 2 is 2.15 bits per heavy atom. The summed E-state index contributed by atoms with van der Waals surface area (Å²) in [5.74, 6) is -0.160. The number of fused-ring (bicyclic) bond motifs is 1. The van der Waals surface area contributed by atoms with Gasteiger partial charge >= 0.3 is 0 Å². The Hall–Kier alpha value is -3.88. The summed E-state index contributed by atoms with van der Waals surface area (Å²) in [5, 5.41) is 36.0. The number of aliphatic hydroxyl groups is 1. The minimum atomic E-state index is -0.868. The first-order chi connectivity index (χ1) is 16.6. The molecule has 0 aliphatic carbocycles. The number of aliphatic hydroxyl groups excluding tert-OH is 1. The number of hydrogen-bond donors (Lipinski definition) is 2. The van der Waals surface area contributed by atoms with Gasteiger partial charge in [-0.05, 0) is 51.1 Å². The summed E-state index contributed by atoms with van der Waals surface area (Å²) in [5.41, 5.74) is 3.44. The summed E-state index contributed by atoms with van der Waals surface area (Å²) in [4.78, 5) is 4.03. The van der Waals surface area contributed by atoms with Crippen LogP contribution in [0.4, 0.5) is 4.39 Å². The molecule has 1 aliphatic heterocycles. The Bertz CT molecular complexity index is 1350. The number of pyridine rings is 2. The molecule has 2 N–H and O–H groups in total. The van der Waals surface area contributed by atoms with Crippen molar-refractivity contribution in [2.45, 2.75) is 31.9 Å². The van der Waals surface area contributed by atoms with Gasteiger partial charge in [-0.25, -0.2) is 13.6 Å². The molecule has 11 heteroatoms. The monoisotopic (exact) mass is 462 g/mol. The Kier molecular flexibility index (Phi) is 5.91. The fourth-order valence-corrected chi connectivity index (χ4v) is 4.31. The second-order valence-electron chi connectivity index (χ2n) is 8.20. The molecule has 1 fully saturated rings. The van der Waals surface area contributed by atoms with Crippen molar-refractivity contribution in [3.8, 4) is 23.1 Å². The summed E-state index contributed by atoms with van der Waals surface area (Å²) in [6.45, 7) is 3.46. The number of halogens is 1. The van der Waals surface area contributed by atoms with Crippen LogP contribution in [0.3, 0.4) is 0 Å². The molecule has 1 saturated heterocycles. The molecule has 4 aromatic rings. The maximum absolute atomic E-state index is 13.3. The Balaban J connectivity index is 1.57. The Morgan fingerprint density at radius 1 is 1.32 bits per heavy atom. The first-order valence-corrected chi connectivity index (χ1v) is 11.0. The van der Waals surface area contributed by atoms with E-state index < -0.39 is 18.5 Å². The highest BCUT2D eigenvalue weighted by Gasteiger charge is 2.23. The van der Waals surface area contributed by atoms with Crippen LogP contribution in [0.2, 0.25) is 0 Å². The second kappa shape index (κ2) is 9.17.